The summed E-state index contributed by atoms with van der Waals surface area (Å²) in [5, 5.41) is 0. The molecular formula is C18H20F2N4O3. The summed E-state index contributed by atoms with van der Waals surface area (Å²) >= 11 is 0. The van der Waals surface area contributed by atoms with Crippen LogP contribution in [0.1, 0.15) is 36.2 Å². The van der Waals surface area contributed by atoms with E-state index in [2.05, 4.69) is 9.97 Å². The maximum Gasteiger partial charge on any atom is 0.278 e. The zero-order valence-electron chi connectivity index (χ0n) is 15.0. The average Bonchev–Trinajstić information content (AvgIpc) is 2.64. The molecule has 9 heteroatoms. The highest BCUT2D eigenvalue weighted by atomic mass is 19.3. The molecule has 0 aliphatic heterocycles. The van der Waals surface area contributed by atoms with E-state index in [1.54, 1.807) is 13.0 Å². The Hall–Kier alpha value is -3.10. The number of carbonyl (C=O) groups is 2. The molecule has 0 bridgehead atoms. The molecule has 0 aliphatic rings. The van der Waals surface area contributed by atoms with Gasteiger partial charge < -0.3 is 10.5 Å². The summed E-state index contributed by atoms with van der Waals surface area (Å²) < 4.78 is 30.6. The van der Waals surface area contributed by atoms with Gasteiger partial charge in [0, 0.05) is 37.4 Å². The summed E-state index contributed by atoms with van der Waals surface area (Å²) in [6.45, 7) is 1.82. The highest BCUT2D eigenvalue weighted by Gasteiger charge is 2.22. The van der Waals surface area contributed by atoms with Gasteiger partial charge in [-0.15, -0.1) is 0 Å². The van der Waals surface area contributed by atoms with Gasteiger partial charge in [-0.3, -0.25) is 14.5 Å². The number of rotatable bonds is 8. The van der Waals surface area contributed by atoms with Gasteiger partial charge in [0.1, 0.15) is 5.82 Å². The van der Waals surface area contributed by atoms with Crippen molar-refractivity contribution in [3.05, 3.63) is 47.8 Å². The van der Waals surface area contributed by atoms with Crippen molar-refractivity contribution in [2.75, 3.05) is 11.5 Å². The minimum atomic E-state index is -2.96. The maximum absolute atomic E-state index is 12.8. The van der Waals surface area contributed by atoms with Crippen molar-refractivity contribution in [2.24, 2.45) is 5.73 Å². The van der Waals surface area contributed by atoms with E-state index in [0.29, 0.717) is 5.56 Å². The highest BCUT2D eigenvalue weighted by Crippen LogP contribution is 2.19. The van der Waals surface area contributed by atoms with Crippen LogP contribution in [-0.4, -0.2) is 34.3 Å². The molecule has 0 aromatic carbocycles. The van der Waals surface area contributed by atoms with Crippen LogP contribution in [0.3, 0.4) is 0 Å². The molecule has 0 unspecified atom stereocenters. The summed E-state index contributed by atoms with van der Waals surface area (Å²) in [6.07, 6.45) is 3.05. The van der Waals surface area contributed by atoms with Crippen LogP contribution in [0.2, 0.25) is 0 Å². The van der Waals surface area contributed by atoms with Crippen molar-refractivity contribution in [3.63, 3.8) is 0 Å². The van der Waals surface area contributed by atoms with Crippen LogP contribution in [0, 0.1) is 0 Å². The number of nitrogens with zero attached hydrogens (tertiary/aromatic N) is 3. The molecule has 2 heterocycles. The number of aromatic nitrogens is 2. The Kier molecular flexibility index (Phi) is 6.38. The van der Waals surface area contributed by atoms with Crippen LogP contribution in [0.15, 0.2) is 36.7 Å². The Labute approximate surface area is 155 Å². The van der Waals surface area contributed by atoms with Crippen LogP contribution in [0.5, 0.6) is 5.88 Å². The van der Waals surface area contributed by atoms with Crippen molar-refractivity contribution in [1.29, 1.82) is 0 Å². The molecular weight excluding hydrogens is 358 g/mol. The SMILES string of the molecule is CCC(=O)N(Cc1ccc(OCC(C)(F)F)nc1)c1cc(C(N)=O)ccn1. The first-order valence-corrected chi connectivity index (χ1v) is 8.21. The smallest absolute Gasteiger partial charge is 0.278 e. The number of pyridine rings is 2. The van der Waals surface area contributed by atoms with Crippen LogP contribution >= 0.6 is 0 Å². The molecule has 0 fully saturated rings. The van der Waals surface area contributed by atoms with Gasteiger partial charge in [0.15, 0.2) is 6.61 Å². The van der Waals surface area contributed by atoms with E-state index in [0.717, 1.165) is 6.92 Å². The average molecular weight is 378 g/mol. The monoisotopic (exact) mass is 378 g/mol. The Morgan fingerprint density at radius 3 is 2.56 bits per heavy atom. The predicted octanol–water partition coefficient (Wildman–Crippen LogP) is 2.55. The second kappa shape index (κ2) is 8.52. The first-order valence-electron chi connectivity index (χ1n) is 8.21. The lowest BCUT2D eigenvalue weighted by atomic mass is 10.2. The third-order valence-corrected chi connectivity index (χ3v) is 3.52. The molecule has 0 aliphatic carbocycles. The van der Waals surface area contributed by atoms with Gasteiger partial charge in [0.05, 0.1) is 6.54 Å². The molecule has 2 rings (SSSR count). The Morgan fingerprint density at radius 1 is 1.26 bits per heavy atom. The second-order valence-corrected chi connectivity index (χ2v) is 5.96. The van der Waals surface area contributed by atoms with Crippen LogP contribution in [0.4, 0.5) is 14.6 Å². The quantitative estimate of drug-likeness (QED) is 0.761. The number of ether oxygens (including phenoxy) is 1. The van der Waals surface area contributed by atoms with Gasteiger partial charge in [-0.25, -0.2) is 18.7 Å². The standard InChI is InChI=1S/C18H20F2N4O3/c1-3-16(25)24(14-8-13(17(21)26)6-7-22-14)10-12-4-5-15(23-9-12)27-11-18(2,19)20/h4-9H,3,10-11H2,1-2H3,(H2,21,26). The summed E-state index contributed by atoms with van der Waals surface area (Å²) in [7, 11) is 0. The fraction of sp³-hybridized carbons (Fsp3) is 0.333. The third kappa shape index (κ3) is 5.98. The van der Waals surface area contributed by atoms with Crippen molar-refractivity contribution in [1.82, 2.24) is 9.97 Å². The van der Waals surface area contributed by atoms with Crippen molar-refractivity contribution >= 4 is 17.6 Å². The van der Waals surface area contributed by atoms with E-state index < -0.39 is 18.4 Å². The Balaban J connectivity index is 2.18. The molecule has 0 spiro atoms. The number of anilines is 1. The van der Waals surface area contributed by atoms with Gasteiger partial charge >= 0.3 is 0 Å². The first-order chi connectivity index (χ1) is 12.7. The molecule has 0 saturated heterocycles. The van der Waals surface area contributed by atoms with Crippen LogP contribution < -0.4 is 15.4 Å². The zero-order chi connectivity index (χ0) is 20.0. The fourth-order valence-electron chi connectivity index (χ4n) is 2.18. The number of hydrogen-bond donors (Lipinski definition) is 1. The molecule has 144 valence electrons. The van der Waals surface area contributed by atoms with E-state index in [-0.39, 0.29) is 36.1 Å². The van der Waals surface area contributed by atoms with Crippen LogP contribution in [0.25, 0.3) is 0 Å². The lowest BCUT2D eigenvalue weighted by molar-refractivity contribution is -0.118. The van der Waals surface area contributed by atoms with E-state index in [1.807, 2.05) is 0 Å². The molecule has 2 aromatic rings. The number of carbonyl (C=O) groups excluding carboxylic acids is 2. The minimum Gasteiger partial charge on any atom is -0.471 e. The van der Waals surface area contributed by atoms with E-state index in [1.165, 1.54) is 35.5 Å². The number of hydrogen-bond acceptors (Lipinski definition) is 5. The first kappa shape index (κ1) is 20.2. The maximum atomic E-state index is 12.8. The van der Waals surface area contributed by atoms with Gasteiger partial charge in [-0.05, 0) is 17.7 Å². The largest absolute Gasteiger partial charge is 0.471 e. The molecule has 7 nitrogen and oxygen atoms in total. The minimum absolute atomic E-state index is 0.0579. The molecule has 27 heavy (non-hydrogen) atoms. The molecule has 0 radical (unpaired) electrons. The van der Waals surface area contributed by atoms with Crippen molar-refractivity contribution in [2.45, 2.75) is 32.7 Å². The summed E-state index contributed by atoms with van der Waals surface area (Å²) in [5.41, 5.74) is 6.14. The zero-order valence-corrected chi connectivity index (χ0v) is 15.0. The Bertz CT molecular complexity index is 807. The summed E-state index contributed by atoms with van der Waals surface area (Å²) in [4.78, 5) is 33.2. The molecule has 0 saturated carbocycles. The molecule has 2 N–H and O–H groups in total. The Morgan fingerprint density at radius 2 is 2.00 bits per heavy atom. The number of nitrogens with two attached hydrogens (primary N) is 1. The highest BCUT2D eigenvalue weighted by molar-refractivity contribution is 5.96. The number of primary amides is 1. The van der Waals surface area contributed by atoms with E-state index >= 15 is 0 Å². The molecule has 2 aromatic heterocycles. The number of alkyl halides is 2. The van der Waals surface area contributed by atoms with Gasteiger partial charge in [0.2, 0.25) is 17.7 Å². The lowest BCUT2D eigenvalue weighted by Crippen LogP contribution is -2.30. The molecule has 2 amide bonds. The number of amides is 2. The van der Waals surface area contributed by atoms with E-state index in [9.17, 15) is 18.4 Å². The molecule has 0 atom stereocenters. The topological polar surface area (TPSA) is 98.4 Å². The van der Waals surface area contributed by atoms with Crippen molar-refractivity contribution < 1.29 is 23.1 Å². The second-order valence-electron chi connectivity index (χ2n) is 5.96. The number of halogens is 2. The lowest BCUT2D eigenvalue weighted by Gasteiger charge is -2.21. The fourth-order valence-corrected chi connectivity index (χ4v) is 2.18. The van der Waals surface area contributed by atoms with Gasteiger partial charge in [-0.2, -0.15) is 0 Å². The van der Waals surface area contributed by atoms with Crippen molar-refractivity contribution in [3.8, 4) is 5.88 Å². The normalized spacial score (nSPS) is 11.1. The van der Waals surface area contributed by atoms with Crippen LogP contribution in [-0.2, 0) is 11.3 Å². The predicted molar refractivity (Wildman–Crippen MR) is 94.6 cm³/mol. The summed E-state index contributed by atoms with van der Waals surface area (Å²) in [5.74, 6) is -3.46. The third-order valence-electron chi connectivity index (χ3n) is 3.52. The van der Waals surface area contributed by atoms with Gasteiger partial charge in [-0.1, -0.05) is 13.0 Å². The van der Waals surface area contributed by atoms with E-state index in [4.69, 9.17) is 10.5 Å². The summed E-state index contributed by atoms with van der Waals surface area (Å²) in [6, 6.07) is 5.95. The van der Waals surface area contributed by atoms with Gasteiger partial charge in [0.25, 0.3) is 5.92 Å².